The van der Waals surface area contributed by atoms with Crippen molar-refractivity contribution in [2.24, 2.45) is 5.92 Å². The molecule has 1 saturated carbocycles. The summed E-state index contributed by atoms with van der Waals surface area (Å²) in [6, 6.07) is 17.0. The molecule has 198 valence electrons. The monoisotopic (exact) mass is 555 g/mol. The third kappa shape index (κ3) is 4.95. The van der Waals surface area contributed by atoms with E-state index in [-0.39, 0.29) is 28.7 Å². The average Bonchev–Trinajstić information content (AvgIpc) is 2.90. The Kier molecular flexibility index (Phi) is 7.05. The molecular formula is C27H25NO8S2. The highest BCUT2D eigenvalue weighted by Crippen LogP contribution is 2.36. The van der Waals surface area contributed by atoms with Crippen molar-refractivity contribution >= 4 is 31.8 Å². The van der Waals surface area contributed by atoms with Crippen LogP contribution in [0.4, 0.5) is 0 Å². The fourth-order valence-electron chi connectivity index (χ4n) is 5.28. The third-order valence-corrected chi connectivity index (χ3v) is 9.36. The van der Waals surface area contributed by atoms with E-state index < -0.39 is 47.2 Å². The molecular weight excluding hydrogens is 530 g/mol. The molecule has 38 heavy (non-hydrogen) atoms. The van der Waals surface area contributed by atoms with Gasteiger partial charge in [-0.1, -0.05) is 67.4 Å². The highest BCUT2D eigenvalue weighted by atomic mass is 32.2. The van der Waals surface area contributed by atoms with Crippen molar-refractivity contribution in [3.05, 3.63) is 94.5 Å². The Balaban J connectivity index is 1.52. The van der Waals surface area contributed by atoms with Gasteiger partial charge in [-0.3, -0.25) is 14.1 Å². The van der Waals surface area contributed by atoms with E-state index >= 15 is 0 Å². The summed E-state index contributed by atoms with van der Waals surface area (Å²) in [7, 11) is -10.1. The minimum Gasteiger partial charge on any atom is -0.289 e. The lowest BCUT2D eigenvalue weighted by Gasteiger charge is -2.31. The van der Waals surface area contributed by atoms with Crippen LogP contribution < -0.4 is 5.48 Å². The van der Waals surface area contributed by atoms with Gasteiger partial charge in [0.15, 0.2) is 11.6 Å². The Labute approximate surface area is 220 Å². The van der Waals surface area contributed by atoms with Crippen LogP contribution in [0.5, 0.6) is 0 Å². The zero-order chi connectivity index (χ0) is 27.1. The van der Waals surface area contributed by atoms with Crippen molar-refractivity contribution in [3.63, 3.8) is 0 Å². The molecule has 3 aromatic carbocycles. The van der Waals surface area contributed by atoms with Gasteiger partial charge in [0.1, 0.15) is 9.79 Å². The van der Waals surface area contributed by atoms with E-state index in [0.29, 0.717) is 12.8 Å². The second kappa shape index (κ2) is 10.2. The molecule has 0 amide bonds. The molecule has 3 aromatic rings. The van der Waals surface area contributed by atoms with Crippen molar-refractivity contribution in [1.29, 1.82) is 0 Å². The predicted octanol–water partition coefficient (Wildman–Crippen LogP) is 3.72. The van der Waals surface area contributed by atoms with Crippen LogP contribution in [-0.2, 0) is 30.9 Å². The number of hydrogen-bond donors (Lipinski definition) is 2. The van der Waals surface area contributed by atoms with Crippen molar-refractivity contribution in [3.8, 4) is 0 Å². The van der Waals surface area contributed by atoms with Crippen LogP contribution in [0.15, 0.2) is 76.5 Å². The van der Waals surface area contributed by atoms with Gasteiger partial charge in [-0.25, -0.2) is 0 Å². The summed E-state index contributed by atoms with van der Waals surface area (Å²) in [5.74, 6) is -1.46. The van der Waals surface area contributed by atoms with Crippen LogP contribution in [0.2, 0.25) is 0 Å². The summed E-state index contributed by atoms with van der Waals surface area (Å²) < 4.78 is 66.5. The quantitative estimate of drug-likeness (QED) is 0.257. The maximum absolute atomic E-state index is 13.5. The summed E-state index contributed by atoms with van der Waals surface area (Å²) in [6.07, 6.45) is 3.94. The molecule has 2 unspecified atom stereocenters. The van der Waals surface area contributed by atoms with Gasteiger partial charge in [-0.05, 0) is 42.9 Å². The highest BCUT2D eigenvalue weighted by molar-refractivity contribution is 7.89. The summed E-state index contributed by atoms with van der Waals surface area (Å²) in [5, 5.41) is 0. The lowest BCUT2D eigenvalue weighted by molar-refractivity contribution is 0.0969. The number of hydrogen-bond acceptors (Lipinski definition) is 8. The van der Waals surface area contributed by atoms with Crippen molar-refractivity contribution in [2.45, 2.75) is 47.9 Å². The van der Waals surface area contributed by atoms with Crippen LogP contribution in [-0.4, -0.2) is 39.0 Å². The van der Waals surface area contributed by atoms with Gasteiger partial charge in [-0.15, -0.1) is 0 Å². The topological polar surface area (TPSA) is 144 Å². The molecule has 11 heteroatoms. The fraction of sp³-hybridized carbons (Fsp3) is 0.259. The number of fused-ring (bicyclic) bond motifs is 2. The SMILES string of the molecule is O=C1c2ccccc2C(=O)c2c1ccc(S(=O)(=O)O)c2S(=O)(=O)ONC1CCCCC1Cc1ccccc1. The maximum atomic E-state index is 13.5. The standard InChI is InChI=1S/C27H25NO8S2/c29-25-19-11-5-6-12-20(19)26(30)24-21(25)14-15-23(37(31,32)33)27(24)38(34,35)36-28-22-13-7-4-10-18(22)16-17-8-2-1-3-9-17/h1-3,5-6,8-9,11-12,14-15,18,22,28H,4,7,10,13,16H2,(H,31,32,33). The lowest BCUT2D eigenvalue weighted by atomic mass is 9.81. The van der Waals surface area contributed by atoms with E-state index in [1.807, 2.05) is 30.3 Å². The minimum atomic E-state index is -5.11. The molecule has 2 N–H and O–H groups in total. The molecule has 2 atom stereocenters. The number of carbonyl (C=O) groups is 2. The van der Waals surface area contributed by atoms with Crippen LogP contribution in [0.1, 0.15) is 63.1 Å². The Morgan fingerprint density at radius 3 is 2.11 bits per heavy atom. The first-order chi connectivity index (χ1) is 18.1. The number of ketones is 2. The van der Waals surface area contributed by atoms with E-state index in [0.717, 1.165) is 37.0 Å². The zero-order valence-electron chi connectivity index (χ0n) is 20.2. The Morgan fingerprint density at radius 2 is 1.42 bits per heavy atom. The molecule has 2 aliphatic rings. The lowest BCUT2D eigenvalue weighted by Crippen LogP contribution is -2.41. The molecule has 9 nitrogen and oxygen atoms in total. The first-order valence-electron chi connectivity index (χ1n) is 12.1. The number of benzene rings is 3. The molecule has 0 radical (unpaired) electrons. The van der Waals surface area contributed by atoms with Gasteiger partial charge in [0.2, 0.25) is 0 Å². The molecule has 0 aromatic heterocycles. The fourth-order valence-corrected chi connectivity index (χ4v) is 7.58. The largest absolute Gasteiger partial charge is 0.315 e. The number of carbonyl (C=O) groups excluding carboxylic acids is 2. The molecule has 0 bridgehead atoms. The minimum absolute atomic E-state index is 0.0437. The summed E-state index contributed by atoms with van der Waals surface area (Å²) in [6.45, 7) is 0. The maximum Gasteiger partial charge on any atom is 0.315 e. The number of nitrogens with one attached hydrogen (secondary N) is 1. The first kappa shape index (κ1) is 26.4. The molecule has 0 spiro atoms. The van der Waals surface area contributed by atoms with E-state index in [1.165, 1.54) is 18.2 Å². The van der Waals surface area contributed by atoms with E-state index in [9.17, 15) is 31.0 Å². The van der Waals surface area contributed by atoms with Crippen LogP contribution in [0.3, 0.4) is 0 Å². The van der Waals surface area contributed by atoms with Gasteiger partial charge >= 0.3 is 10.1 Å². The van der Waals surface area contributed by atoms with Crippen LogP contribution in [0.25, 0.3) is 0 Å². The molecule has 2 aliphatic carbocycles. The highest BCUT2D eigenvalue weighted by Gasteiger charge is 2.40. The van der Waals surface area contributed by atoms with Crippen molar-refractivity contribution < 1.29 is 35.3 Å². The summed E-state index contributed by atoms with van der Waals surface area (Å²) in [4.78, 5) is 24.4. The van der Waals surface area contributed by atoms with E-state index in [1.54, 1.807) is 6.07 Å². The molecule has 0 saturated heterocycles. The van der Waals surface area contributed by atoms with Gasteiger partial charge in [0.05, 0.1) is 5.56 Å². The zero-order valence-corrected chi connectivity index (χ0v) is 21.8. The van der Waals surface area contributed by atoms with Gasteiger partial charge < -0.3 is 0 Å². The smallest absolute Gasteiger partial charge is 0.289 e. The van der Waals surface area contributed by atoms with E-state index in [4.69, 9.17) is 4.28 Å². The summed E-state index contributed by atoms with van der Waals surface area (Å²) >= 11 is 0. The average molecular weight is 556 g/mol. The van der Waals surface area contributed by atoms with Gasteiger partial charge in [0, 0.05) is 22.7 Å². The Morgan fingerprint density at radius 1 is 0.789 bits per heavy atom. The van der Waals surface area contributed by atoms with Gasteiger partial charge in [-0.2, -0.15) is 26.6 Å². The Bertz CT molecular complexity index is 1630. The number of rotatable bonds is 7. The Hall–Kier alpha value is -3.22. The number of hydroxylamine groups is 1. The van der Waals surface area contributed by atoms with E-state index in [2.05, 4.69) is 5.48 Å². The molecule has 5 rings (SSSR count). The first-order valence-corrected chi connectivity index (χ1v) is 15.0. The second-order valence-electron chi connectivity index (χ2n) is 9.49. The third-order valence-electron chi connectivity index (χ3n) is 7.10. The molecule has 0 heterocycles. The molecule has 0 aliphatic heterocycles. The van der Waals surface area contributed by atoms with Crippen LogP contribution in [0, 0.1) is 5.92 Å². The predicted molar refractivity (Wildman–Crippen MR) is 137 cm³/mol. The normalized spacial score (nSPS) is 19.6. The summed E-state index contributed by atoms with van der Waals surface area (Å²) in [5.41, 5.74) is 2.75. The van der Waals surface area contributed by atoms with Crippen molar-refractivity contribution in [2.75, 3.05) is 0 Å². The van der Waals surface area contributed by atoms with Crippen molar-refractivity contribution in [1.82, 2.24) is 5.48 Å². The van der Waals surface area contributed by atoms with Gasteiger partial charge in [0.25, 0.3) is 10.1 Å². The second-order valence-corrected chi connectivity index (χ2v) is 12.4. The molecule has 1 fully saturated rings. The van der Waals surface area contributed by atoms with Crippen LogP contribution >= 0.6 is 0 Å².